The lowest BCUT2D eigenvalue weighted by Gasteiger charge is -2.20. The summed E-state index contributed by atoms with van der Waals surface area (Å²) in [5.41, 5.74) is 0.619. The lowest BCUT2D eigenvalue weighted by molar-refractivity contribution is -0.137. The molecule has 0 amide bonds. The van der Waals surface area contributed by atoms with Crippen molar-refractivity contribution in [1.29, 1.82) is 0 Å². The number of hydrogen-bond acceptors (Lipinski definition) is 6. The van der Waals surface area contributed by atoms with Crippen LogP contribution >= 0.6 is 0 Å². The molecule has 0 atom stereocenters. The zero-order valence-electron chi connectivity index (χ0n) is 16.4. The maximum atomic E-state index is 11.8. The zero-order chi connectivity index (χ0) is 19.4. The fourth-order valence-corrected chi connectivity index (χ4v) is 2.27. The Labute approximate surface area is 156 Å². The predicted molar refractivity (Wildman–Crippen MR) is 101 cm³/mol. The van der Waals surface area contributed by atoms with Crippen LogP contribution < -0.4 is 18.9 Å². The van der Waals surface area contributed by atoms with Crippen LogP contribution in [0.4, 0.5) is 0 Å². The summed E-state index contributed by atoms with van der Waals surface area (Å²) in [5.74, 6) is 1.68. The summed E-state index contributed by atoms with van der Waals surface area (Å²) < 4.78 is 28.1. The van der Waals surface area contributed by atoms with Gasteiger partial charge in [-0.25, -0.2) is 4.79 Å². The molecule has 0 fully saturated rings. The molecule has 6 heteroatoms. The van der Waals surface area contributed by atoms with E-state index in [-0.39, 0.29) is 0 Å². The summed E-state index contributed by atoms with van der Waals surface area (Å²) in [6.07, 6.45) is 3.77. The molecule has 1 aromatic carbocycles. The van der Waals surface area contributed by atoms with E-state index in [0.717, 1.165) is 6.42 Å². The van der Waals surface area contributed by atoms with E-state index < -0.39 is 5.97 Å². The molecule has 0 N–H and O–H groups in total. The molecule has 0 unspecified atom stereocenters. The summed E-state index contributed by atoms with van der Waals surface area (Å²) in [5, 5.41) is 0. The molecular weight excluding hydrogens is 336 g/mol. The third-order valence-electron chi connectivity index (χ3n) is 3.21. The number of benzene rings is 1. The Morgan fingerprint density at radius 3 is 2.00 bits per heavy atom. The highest BCUT2D eigenvalue weighted by Gasteiger charge is 2.21. The largest absolute Gasteiger partial charge is 0.493 e. The first-order valence-electron chi connectivity index (χ1n) is 9.19. The Hall–Kier alpha value is -2.37. The SMILES string of the molecule is CCCOC(=O)C=Cc1c(OCC)cc(OCC)c(OCC)c1OCC. The lowest BCUT2D eigenvalue weighted by atomic mass is 10.1. The predicted octanol–water partition coefficient (Wildman–Crippen LogP) is 4.25. The van der Waals surface area contributed by atoms with Crippen LogP contribution in [0.15, 0.2) is 12.1 Å². The van der Waals surface area contributed by atoms with Crippen LogP contribution in [-0.4, -0.2) is 39.0 Å². The van der Waals surface area contributed by atoms with Crippen molar-refractivity contribution in [2.24, 2.45) is 0 Å². The molecule has 0 spiro atoms. The van der Waals surface area contributed by atoms with E-state index in [2.05, 4.69) is 0 Å². The van der Waals surface area contributed by atoms with E-state index in [1.54, 1.807) is 12.1 Å². The average Bonchev–Trinajstić information content (AvgIpc) is 2.63. The highest BCUT2D eigenvalue weighted by atomic mass is 16.5. The fourth-order valence-electron chi connectivity index (χ4n) is 2.27. The monoisotopic (exact) mass is 366 g/mol. The second-order valence-electron chi connectivity index (χ2n) is 5.18. The second-order valence-corrected chi connectivity index (χ2v) is 5.18. The summed E-state index contributed by atoms with van der Waals surface area (Å²) in [4.78, 5) is 11.8. The lowest BCUT2D eigenvalue weighted by Crippen LogP contribution is -2.06. The molecule has 0 aliphatic carbocycles. The van der Waals surface area contributed by atoms with Gasteiger partial charge in [0.2, 0.25) is 5.75 Å². The van der Waals surface area contributed by atoms with Gasteiger partial charge in [-0.05, 0) is 40.2 Å². The third-order valence-corrected chi connectivity index (χ3v) is 3.21. The minimum Gasteiger partial charge on any atom is -0.493 e. The fraction of sp³-hybridized carbons (Fsp3) is 0.550. The van der Waals surface area contributed by atoms with Crippen molar-refractivity contribution in [2.45, 2.75) is 41.0 Å². The quantitative estimate of drug-likeness (QED) is 0.407. The first kappa shape index (κ1) is 21.7. The van der Waals surface area contributed by atoms with Gasteiger partial charge in [0.15, 0.2) is 11.5 Å². The van der Waals surface area contributed by atoms with E-state index >= 15 is 0 Å². The number of carbonyl (C=O) groups excluding carboxylic acids is 1. The van der Waals surface area contributed by atoms with Crippen molar-refractivity contribution in [1.82, 2.24) is 0 Å². The number of hydrogen-bond donors (Lipinski definition) is 0. The molecule has 0 aromatic heterocycles. The van der Waals surface area contributed by atoms with E-state index in [4.69, 9.17) is 23.7 Å². The molecule has 1 aromatic rings. The zero-order valence-corrected chi connectivity index (χ0v) is 16.4. The van der Waals surface area contributed by atoms with Gasteiger partial charge in [0.25, 0.3) is 0 Å². The number of ether oxygens (including phenoxy) is 5. The second kappa shape index (κ2) is 12.1. The van der Waals surface area contributed by atoms with Gasteiger partial charge in [-0.15, -0.1) is 0 Å². The summed E-state index contributed by atoms with van der Waals surface area (Å²) in [6.45, 7) is 11.7. The summed E-state index contributed by atoms with van der Waals surface area (Å²) in [6, 6.07) is 1.76. The smallest absolute Gasteiger partial charge is 0.330 e. The van der Waals surface area contributed by atoms with Gasteiger partial charge in [-0.2, -0.15) is 0 Å². The van der Waals surface area contributed by atoms with Crippen molar-refractivity contribution >= 4 is 12.0 Å². The number of carbonyl (C=O) groups is 1. The number of esters is 1. The Morgan fingerprint density at radius 2 is 1.42 bits per heavy atom. The van der Waals surface area contributed by atoms with Crippen LogP contribution in [0.5, 0.6) is 23.0 Å². The van der Waals surface area contributed by atoms with Crippen molar-refractivity contribution in [2.75, 3.05) is 33.0 Å². The molecule has 146 valence electrons. The van der Waals surface area contributed by atoms with Gasteiger partial charge in [0, 0.05) is 12.1 Å². The van der Waals surface area contributed by atoms with Crippen LogP contribution in [0.3, 0.4) is 0 Å². The maximum absolute atomic E-state index is 11.8. The minimum atomic E-state index is -0.413. The Bertz CT molecular complexity index is 594. The normalized spacial score (nSPS) is 10.7. The van der Waals surface area contributed by atoms with Crippen molar-refractivity contribution in [3.8, 4) is 23.0 Å². The summed E-state index contributed by atoms with van der Waals surface area (Å²) in [7, 11) is 0. The van der Waals surface area contributed by atoms with Gasteiger partial charge in [0.05, 0.1) is 38.6 Å². The standard InChI is InChI=1S/C20H30O6/c1-6-13-26-18(21)12-11-15-16(22-7-2)14-17(23-8-3)20(25-10-5)19(15)24-9-4/h11-12,14H,6-10,13H2,1-5H3. The molecule has 0 aliphatic rings. The van der Waals surface area contributed by atoms with Gasteiger partial charge in [-0.1, -0.05) is 6.92 Å². The molecule has 0 saturated carbocycles. The average molecular weight is 366 g/mol. The van der Waals surface area contributed by atoms with Crippen LogP contribution in [0.25, 0.3) is 6.08 Å². The first-order chi connectivity index (χ1) is 12.6. The molecule has 1 rings (SSSR count). The van der Waals surface area contributed by atoms with E-state index in [1.165, 1.54) is 6.08 Å². The summed E-state index contributed by atoms with van der Waals surface area (Å²) >= 11 is 0. The maximum Gasteiger partial charge on any atom is 0.330 e. The molecule has 0 radical (unpaired) electrons. The first-order valence-corrected chi connectivity index (χ1v) is 9.19. The van der Waals surface area contributed by atoms with Crippen molar-refractivity contribution < 1.29 is 28.5 Å². The Morgan fingerprint density at radius 1 is 0.846 bits per heavy atom. The Kier molecular flexibility index (Phi) is 10.1. The van der Waals surface area contributed by atoms with Gasteiger partial charge in [-0.3, -0.25) is 0 Å². The van der Waals surface area contributed by atoms with Crippen molar-refractivity contribution in [3.05, 3.63) is 17.7 Å². The molecule has 0 heterocycles. The van der Waals surface area contributed by atoms with Crippen LogP contribution in [0.2, 0.25) is 0 Å². The van der Waals surface area contributed by atoms with Gasteiger partial charge in [0.1, 0.15) is 5.75 Å². The topological polar surface area (TPSA) is 63.2 Å². The van der Waals surface area contributed by atoms with Crippen LogP contribution in [-0.2, 0) is 9.53 Å². The van der Waals surface area contributed by atoms with Crippen LogP contribution in [0.1, 0.15) is 46.6 Å². The molecule has 0 bridgehead atoms. The molecule has 26 heavy (non-hydrogen) atoms. The van der Waals surface area contributed by atoms with E-state index in [0.29, 0.717) is 61.6 Å². The van der Waals surface area contributed by atoms with Crippen molar-refractivity contribution in [3.63, 3.8) is 0 Å². The molecule has 0 saturated heterocycles. The van der Waals surface area contributed by atoms with E-state index in [1.807, 2.05) is 34.6 Å². The van der Waals surface area contributed by atoms with E-state index in [9.17, 15) is 4.79 Å². The molecule has 6 nitrogen and oxygen atoms in total. The number of rotatable bonds is 12. The third kappa shape index (κ3) is 6.17. The van der Waals surface area contributed by atoms with Gasteiger partial charge >= 0.3 is 5.97 Å². The molecule has 0 aliphatic heterocycles. The molecular formula is C20H30O6. The Balaban J connectivity index is 3.43. The van der Waals surface area contributed by atoms with Gasteiger partial charge < -0.3 is 23.7 Å². The highest BCUT2D eigenvalue weighted by Crippen LogP contribution is 2.46. The van der Waals surface area contributed by atoms with Crippen LogP contribution in [0, 0.1) is 0 Å². The highest BCUT2D eigenvalue weighted by molar-refractivity contribution is 5.89. The minimum absolute atomic E-state index is 0.382.